The molecule has 1 unspecified atom stereocenters. The van der Waals surface area contributed by atoms with Gasteiger partial charge in [-0.2, -0.15) is 0 Å². The van der Waals surface area contributed by atoms with Gasteiger partial charge in [-0.05, 0) is 70.6 Å². The van der Waals surface area contributed by atoms with Gasteiger partial charge in [0.25, 0.3) is 0 Å². The highest BCUT2D eigenvalue weighted by molar-refractivity contribution is 5.69. The molecule has 4 heteroatoms. The third kappa shape index (κ3) is 34.8. The molecule has 43 heavy (non-hydrogen) atoms. The maximum atomic E-state index is 12.6. The van der Waals surface area contributed by atoms with Crippen LogP contribution in [-0.4, -0.2) is 23.1 Å². The van der Waals surface area contributed by atoms with Gasteiger partial charge < -0.3 is 9.84 Å². The summed E-state index contributed by atoms with van der Waals surface area (Å²) in [7, 11) is 0. The number of carboxylic acid groups (broad SMARTS) is 1. The van der Waals surface area contributed by atoms with Crippen molar-refractivity contribution in [2.45, 2.75) is 213 Å². The molecule has 0 aliphatic rings. The number of rotatable bonds is 34. The van der Waals surface area contributed by atoms with Crippen LogP contribution in [-0.2, 0) is 14.3 Å². The van der Waals surface area contributed by atoms with Crippen molar-refractivity contribution in [1.82, 2.24) is 0 Å². The summed E-state index contributed by atoms with van der Waals surface area (Å²) >= 11 is 0. The van der Waals surface area contributed by atoms with Crippen molar-refractivity contribution < 1.29 is 19.4 Å². The van der Waals surface area contributed by atoms with Gasteiger partial charge in [-0.15, -0.1) is 0 Å². The minimum absolute atomic E-state index is 0.00396. The van der Waals surface area contributed by atoms with E-state index in [4.69, 9.17) is 9.84 Å². The largest absolute Gasteiger partial charge is 0.481 e. The Balaban J connectivity index is 3.80. The number of hydrogen-bond acceptors (Lipinski definition) is 3. The second-order valence-corrected chi connectivity index (χ2v) is 12.8. The highest BCUT2D eigenvalue weighted by Crippen LogP contribution is 2.18. The lowest BCUT2D eigenvalue weighted by Gasteiger charge is -2.18. The zero-order valence-electron chi connectivity index (χ0n) is 28.8. The Kier molecular flexibility index (Phi) is 33.6. The Morgan fingerprint density at radius 1 is 0.512 bits per heavy atom. The molecule has 0 fully saturated rings. The van der Waals surface area contributed by atoms with Crippen LogP contribution in [0.25, 0.3) is 0 Å². The van der Waals surface area contributed by atoms with Crippen molar-refractivity contribution in [3.8, 4) is 0 Å². The molecule has 0 bridgehead atoms. The van der Waals surface area contributed by atoms with Gasteiger partial charge in [0.1, 0.15) is 6.10 Å². The number of carbonyl (C=O) groups excluding carboxylic acids is 1. The summed E-state index contributed by atoms with van der Waals surface area (Å²) in [5.74, 6) is -0.690. The molecule has 1 N–H and O–H groups in total. The van der Waals surface area contributed by atoms with E-state index in [9.17, 15) is 9.59 Å². The highest BCUT2D eigenvalue weighted by atomic mass is 16.5. The molecule has 0 aliphatic heterocycles. The van der Waals surface area contributed by atoms with Crippen LogP contribution in [0.4, 0.5) is 0 Å². The highest BCUT2D eigenvalue weighted by Gasteiger charge is 2.14. The number of carbonyl (C=O) groups is 2. The summed E-state index contributed by atoms with van der Waals surface area (Å²) in [4.78, 5) is 23.2. The van der Waals surface area contributed by atoms with E-state index in [1.165, 1.54) is 103 Å². The molecule has 0 spiro atoms. The summed E-state index contributed by atoms with van der Waals surface area (Å²) in [5.41, 5.74) is 0. The Hall–Kier alpha value is -1.58. The quantitative estimate of drug-likeness (QED) is 0.0451. The number of esters is 1. The second-order valence-electron chi connectivity index (χ2n) is 12.8. The van der Waals surface area contributed by atoms with E-state index in [1.807, 2.05) is 0 Å². The molecule has 0 rings (SSSR count). The van der Waals surface area contributed by atoms with Gasteiger partial charge in [0, 0.05) is 12.8 Å². The molecule has 0 amide bonds. The Morgan fingerprint density at radius 3 is 1.42 bits per heavy atom. The average Bonchev–Trinajstić information content (AvgIpc) is 2.99. The zero-order chi connectivity index (χ0) is 31.5. The van der Waals surface area contributed by atoms with E-state index < -0.39 is 5.97 Å². The molecular weight excluding hydrogens is 532 g/mol. The van der Waals surface area contributed by atoms with Gasteiger partial charge in [-0.25, -0.2) is 0 Å². The van der Waals surface area contributed by atoms with Gasteiger partial charge in [-0.1, -0.05) is 147 Å². The first-order chi connectivity index (χ1) is 21.1. The van der Waals surface area contributed by atoms with Crippen LogP contribution in [0.2, 0.25) is 0 Å². The number of hydrogen-bond donors (Lipinski definition) is 1. The zero-order valence-corrected chi connectivity index (χ0v) is 28.8. The molecule has 0 heterocycles. The van der Waals surface area contributed by atoms with E-state index >= 15 is 0 Å². The minimum Gasteiger partial charge on any atom is -0.481 e. The number of unbranched alkanes of at least 4 members (excludes halogenated alkanes) is 21. The first-order valence-electron chi connectivity index (χ1n) is 18.8. The Bertz CT molecular complexity index is 654. The number of carboxylic acids is 1. The van der Waals surface area contributed by atoms with E-state index in [1.54, 1.807) is 0 Å². The van der Waals surface area contributed by atoms with Crippen LogP contribution in [0.5, 0.6) is 0 Å². The summed E-state index contributed by atoms with van der Waals surface area (Å²) in [6.07, 6.45) is 43.5. The first-order valence-corrected chi connectivity index (χ1v) is 18.8. The molecule has 0 saturated carbocycles. The summed E-state index contributed by atoms with van der Waals surface area (Å²) < 4.78 is 5.95. The van der Waals surface area contributed by atoms with Crippen molar-refractivity contribution in [3.63, 3.8) is 0 Å². The molecule has 0 aromatic carbocycles. The predicted molar refractivity (Wildman–Crippen MR) is 186 cm³/mol. The van der Waals surface area contributed by atoms with E-state index in [0.717, 1.165) is 77.0 Å². The van der Waals surface area contributed by atoms with Crippen molar-refractivity contribution in [3.05, 3.63) is 24.3 Å². The van der Waals surface area contributed by atoms with Crippen LogP contribution in [0.1, 0.15) is 206 Å². The fraction of sp³-hybridized carbons (Fsp3) is 0.846. The molecule has 4 nitrogen and oxygen atoms in total. The van der Waals surface area contributed by atoms with Crippen molar-refractivity contribution in [2.75, 3.05) is 0 Å². The Labute approximate surface area is 267 Å². The average molecular weight is 605 g/mol. The van der Waals surface area contributed by atoms with Gasteiger partial charge >= 0.3 is 11.9 Å². The SMILES string of the molecule is CCCCC/C=C\C/C=C\CCCCCCCCCCCC(=O)OC(CCCCCCC)CCCCCCCCC(=O)O. The number of allylic oxidation sites excluding steroid dienone is 4. The number of aliphatic carboxylic acids is 1. The van der Waals surface area contributed by atoms with Crippen molar-refractivity contribution >= 4 is 11.9 Å². The monoisotopic (exact) mass is 605 g/mol. The van der Waals surface area contributed by atoms with Crippen LogP contribution in [0.3, 0.4) is 0 Å². The molecule has 0 aromatic heterocycles. The molecular formula is C39H72O4. The summed E-state index contributed by atoms with van der Waals surface area (Å²) in [5, 5.41) is 8.74. The summed E-state index contributed by atoms with van der Waals surface area (Å²) in [6, 6.07) is 0. The Morgan fingerprint density at radius 2 is 0.907 bits per heavy atom. The van der Waals surface area contributed by atoms with Crippen LogP contribution in [0.15, 0.2) is 24.3 Å². The maximum Gasteiger partial charge on any atom is 0.306 e. The summed E-state index contributed by atoms with van der Waals surface area (Å²) in [6.45, 7) is 4.49. The standard InChI is InChI=1S/C39H72O4/c1-3-5-7-9-10-11-12-13-14-15-16-17-18-19-20-21-22-28-32-36-39(42)43-37(33-29-25-8-6-4-2)34-30-26-23-24-27-31-35-38(40)41/h10-11,13-14,37H,3-9,12,15-36H2,1-2H3,(H,40,41)/b11-10-,14-13-. The fourth-order valence-electron chi connectivity index (χ4n) is 5.63. The smallest absolute Gasteiger partial charge is 0.306 e. The van der Waals surface area contributed by atoms with Crippen molar-refractivity contribution in [1.29, 1.82) is 0 Å². The van der Waals surface area contributed by atoms with Gasteiger partial charge in [0.05, 0.1) is 0 Å². The number of ether oxygens (including phenoxy) is 1. The molecule has 0 aliphatic carbocycles. The third-order valence-corrected chi connectivity index (χ3v) is 8.43. The molecule has 0 aromatic rings. The van der Waals surface area contributed by atoms with Crippen LogP contribution in [0, 0.1) is 0 Å². The van der Waals surface area contributed by atoms with E-state index in [2.05, 4.69) is 38.2 Å². The first kappa shape index (κ1) is 41.4. The molecule has 0 radical (unpaired) electrons. The molecule has 1 atom stereocenters. The lowest BCUT2D eigenvalue weighted by Crippen LogP contribution is -2.18. The van der Waals surface area contributed by atoms with Crippen LogP contribution < -0.4 is 0 Å². The maximum absolute atomic E-state index is 12.6. The third-order valence-electron chi connectivity index (χ3n) is 8.43. The van der Waals surface area contributed by atoms with E-state index in [-0.39, 0.29) is 18.5 Å². The molecule has 252 valence electrons. The van der Waals surface area contributed by atoms with Gasteiger partial charge in [-0.3, -0.25) is 9.59 Å². The predicted octanol–water partition coefficient (Wildman–Crippen LogP) is 12.8. The normalized spacial score (nSPS) is 12.4. The topological polar surface area (TPSA) is 63.6 Å². The minimum atomic E-state index is -0.694. The lowest BCUT2D eigenvalue weighted by molar-refractivity contribution is -0.150. The fourth-order valence-corrected chi connectivity index (χ4v) is 5.63. The van der Waals surface area contributed by atoms with E-state index in [0.29, 0.717) is 6.42 Å². The van der Waals surface area contributed by atoms with Crippen LogP contribution >= 0.6 is 0 Å². The van der Waals surface area contributed by atoms with Gasteiger partial charge in [0.2, 0.25) is 0 Å². The lowest BCUT2D eigenvalue weighted by atomic mass is 10.0. The second kappa shape index (κ2) is 34.9. The van der Waals surface area contributed by atoms with Crippen molar-refractivity contribution in [2.24, 2.45) is 0 Å². The molecule has 0 saturated heterocycles. The van der Waals surface area contributed by atoms with Gasteiger partial charge in [0.15, 0.2) is 0 Å².